The Bertz CT molecular complexity index is 340. The van der Waals surface area contributed by atoms with Crippen molar-refractivity contribution in [2.75, 3.05) is 6.67 Å². The summed E-state index contributed by atoms with van der Waals surface area (Å²) >= 11 is -1.93. The second-order valence-electron chi connectivity index (χ2n) is 10.3. The van der Waals surface area contributed by atoms with Crippen molar-refractivity contribution in [2.24, 2.45) is 0 Å². The van der Waals surface area contributed by atoms with Gasteiger partial charge in [-0.1, -0.05) is 0 Å². The number of hydrogen-bond acceptors (Lipinski definition) is 3. The van der Waals surface area contributed by atoms with Crippen molar-refractivity contribution in [3.63, 3.8) is 0 Å². The van der Waals surface area contributed by atoms with Gasteiger partial charge in [-0.2, -0.15) is 0 Å². The van der Waals surface area contributed by atoms with Gasteiger partial charge in [-0.05, 0) is 0 Å². The van der Waals surface area contributed by atoms with Gasteiger partial charge in [0.2, 0.25) is 0 Å². The minimum atomic E-state index is -1.93. The fourth-order valence-corrected chi connectivity index (χ4v) is 32.5. The van der Waals surface area contributed by atoms with Gasteiger partial charge in [-0.15, -0.1) is 0 Å². The van der Waals surface area contributed by atoms with Gasteiger partial charge in [0, 0.05) is 0 Å². The second kappa shape index (κ2) is 5.88. The molecule has 1 rings (SSSR count). The summed E-state index contributed by atoms with van der Waals surface area (Å²) in [6, 6.07) is 0. The average Bonchev–Trinajstić information content (AvgIpc) is 2.01. The summed E-state index contributed by atoms with van der Waals surface area (Å²) in [6.07, 6.45) is 0. The molecule has 0 N–H and O–H groups in total. The zero-order valence-electron chi connectivity index (χ0n) is 16.5. The molecule has 0 atom stereocenters. The van der Waals surface area contributed by atoms with Crippen LogP contribution in [0.3, 0.4) is 0 Å². The summed E-state index contributed by atoms with van der Waals surface area (Å²) in [7, 11) is -2.59. The van der Waals surface area contributed by atoms with Gasteiger partial charge in [-0.3, -0.25) is 0 Å². The first-order chi connectivity index (χ1) is 8.97. The van der Waals surface area contributed by atoms with Crippen molar-refractivity contribution < 1.29 is 0 Å². The van der Waals surface area contributed by atoms with Crippen LogP contribution in [0.1, 0.15) is 41.5 Å². The van der Waals surface area contributed by atoms with Crippen LogP contribution in [0, 0.1) is 0 Å². The van der Waals surface area contributed by atoms with Gasteiger partial charge in [0.05, 0.1) is 0 Å². The molecule has 6 heteroatoms. The van der Waals surface area contributed by atoms with E-state index in [-0.39, 0.29) is 0 Å². The van der Waals surface area contributed by atoms with Crippen LogP contribution in [-0.2, 0) is 0 Å². The molecule has 125 valence electrons. The first kappa shape index (κ1) is 20.2. The molecular weight excluding hydrogens is 397 g/mol. The number of hydrogen-bond donors (Lipinski definition) is 0. The molecule has 1 aliphatic heterocycles. The molecule has 0 aromatic heterocycles. The molecule has 0 amide bonds. The molecule has 1 heterocycles. The monoisotopic (exact) mass is 436 g/mol. The van der Waals surface area contributed by atoms with E-state index in [9.17, 15) is 0 Å². The van der Waals surface area contributed by atoms with Gasteiger partial charge in [0.15, 0.2) is 0 Å². The van der Waals surface area contributed by atoms with Crippen molar-refractivity contribution in [2.45, 2.75) is 91.9 Å². The average molecular weight is 435 g/mol. The first-order valence-electron chi connectivity index (χ1n) is 8.20. The Balaban J connectivity index is 3.27. The first-order valence-corrected chi connectivity index (χ1v) is 18.9. The molecule has 3 nitrogen and oxygen atoms in total. The van der Waals surface area contributed by atoms with Crippen LogP contribution >= 0.6 is 0 Å². The zero-order valence-corrected chi connectivity index (χ0v) is 21.4. The maximum atomic E-state index is 3.14. The van der Waals surface area contributed by atoms with Gasteiger partial charge < -0.3 is 0 Å². The molecule has 1 fully saturated rings. The van der Waals surface area contributed by atoms with E-state index in [2.05, 4.69) is 89.5 Å². The van der Waals surface area contributed by atoms with Crippen molar-refractivity contribution in [1.29, 1.82) is 0 Å². The molecule has 21 heavy (non-hydrogen) atoms. The predicted molar refractivity (Wildman–Crippen MR) is 102 cm³/mol. The van der Waals surface area contributed by atoms with E-state index in [4.69, 9.17) is 0 Å². The van der Waals surface area contributed by atoms with Crippen molar-refractivity contribution in [3.8, 4) is 0 Å². The molecule has 0 spiro atoms. The van der Waals surface area contributed by atoms with Crippen molar-refractivity contribution >= 4 is 37.1 Å². The van der Waals surface area contributed by atoms with Crippen LogP contribution in [0.25, 0.3) is 0 Å². The third-order valence-corrected chi connectivity index (χ3v) is 33.3. The minimum absolute atomic E-state index is 0.314. The fourth-order valence-electron chi connectivity index (χ4n) is 3.21. The molecule has 1 radical (unpaired) electrons. The third kappa shape index (κ3) is 4.56. The summed E-state index contributed by atoms with van der Waals surface area (Å²) in [5.74, 6) is 0. The fraction of sp³-hybridized carbons (Fsp3) is 1.00. The van der Waals surface area contributed by atoms with Crippen molar-refractivity contribution in [3.05, 3.63) is 0 Å². The molecule has 1 aliphatic rings. The van der Waals surface area contributed by atoms with Gasteiger partial charge in [-0.25, -0.2) is 0 Å². The second-order valence-corrected chi connectivity index (χ2v) is 29.0. The Morgan fingerprint density at radius 3 is 1.19 bits per heavy atom. The third-order valence-electron chi connectivity index (χ3n) is 3.93. The summed E-state index contributed by atoms with van der Waals surface area (Å²) in [5.41, 5.74) is 0.627. The molecule has 0 saturated carbocycles. The molecule has 0 bridgehead atoms. The normalized spacial score (nSPS) is 21.0. The number of nitrogens with zero attached hydrogens (tertiary/aromatic N) is 3. The Morgan fingerprint density at radius 2 is 1.00 bits per heavy atom. The van der Waals surface area contributed by atoms with E-state index in [1.165, 1.54) is 6.67 Å². The van der Waals surface area contributed by atoms with Crippen LogP contribution in [0.4, 0.5) is 0 Å². The van der Waals surface area contributed by atoms with Crippen molar-refractivity contribution in [1.82, 2.24) is 8.70 Å². The summed E-state index contributed by atoms with van der Waals surface area (Å²) in [5, 5.41) is 0. The molecule has 1 saturated heterocycles. The topological polar surface area (TPSA) is 9.72 Å². The quantitative estimate of drug-likeness (QED) is 0.618. The zero-order chi connectivity index (χ0) is 17.0. The van der Waals surface area contributed by atoms with E-state index in [1.807, 2.05) is 0 Å². The summed E-state index contributed by atoms with van der Waals surface area (Å²) in [4.78, 5) is 0. The maximum absolute atomic E-state index is 3.14. The predicted octanol–water partition coefficient (Wildman–Crippen LogP) is 4.12. The van der Waals surface area contributed by atoms with E-state index < -0.39 is 37.1 Å². The Kier molecular flexibility index (Phi) is 5.64. The molecule has 0 unspecified atom stereocenters. The van der Waals surface area contributed by atoms with E-state index in [0.717, 1.165) is 0 Å². The van der Waals surface area contributed by atoms with Gasteiger partial charge >= 0.3 is 144 Å². The molecule has 0 aromatic rings. The number of rotatable bonds is 3. The van der Waals surface area contributed by atoms with Gasteiger partial charge in [0.1, 0.15) is 0 Å². The molecule has 0 aromatic carbocycles. The summed E-state index contributed by atoms with van der Waals surface area (Å²) in [6.45, 7) is 30.9. The van der Waals surface area contributed by atoms with E-state index in [0.29, 0.717) is 11.1 Å². The van der Waals surface area contributed by atoms with E-state index in [1.54, 1.807) is 0 Å². The Hall–Kier alpha value is 1.11. The van der Waals surface area contributed by atoms with Gasteiger partial charge in [0.25, 0.3) is 0 Å². The van der Waals surface area contributed by atoms with Crippen LogP contribution in [0.15, 0.2) is 0 Å². The Labute approximate surface area is 144 Å². The molecular formula is C15H38N3Si2Sn. The molecule has 0 aliphatic carbocycles. The van der Waals surface area contributed by atoms with Crippen LogP contribution in [0.2, 0.25) is 39.3 Å². The van der Waals surface area contributed by atoms with E-state index >= 15 is 0 Å². The SMILES string of the molecule is CC(C)(C)[N]1C[N](C(C)(C)C)[Sn]1[N]([Si](C)(C)C)[Si](C)(C)C. The standard InChI is InChI=1S/C9H20N2.C6H18NSi2.Sn/c1-8(2,3)10-7-11-9(4,5)6;1-8(2,3)7-9(4,5)6;/h7H2,1-6H3;1-6H3;/q-2;-1;+3. The Morgan fingerprint density at radius 1 is 0.714 bits per heavy atom. The van der Waals surface area contributed by atoms with Crippen LogP contribution < -0.4 is 0 Å². The summed E-state index contributed by atoms with van der Waals surface area (Å²) < 4.78 is 8.91. The van der Waals surface area contributed by atoms with Crippen LogP contribution in [0.5, 0.6) is 0 Å². The van der Waals surface area contributed by atoms with Crippen LogP contribution in [-0.4, -0.2) is 63.5 Å².